The molecule has 2 rings (SSSR count). The number of nitrogens with two attached hydrogens (primary N) is 1. The van der Waals surface area contributed by atoms with Gasteiger partial charge in [0.1, 0.15) is 11.6 Å². The molecule has 1 aliphatic rings. The Morgan fingerprint density at radius 2 is 1.89 bits per heavy atom. The minimum atomic E-state index is -0.596. The molecule has 0 heterocycles. The van der Waals surface area contributed by atoms with E-state index in [1.165, 1.54) is 31.4 Å². The Morgan fingerprint density at radius 3 is 2.42 bits per heavy atom. The van der Waals surface area contributed by atoms with Crippen LogP contribution in [0.25, 0.3) is 0 Å². The second-order valence-electron chi connectivity index (χ2n) is 4.66. The van der Waals surface area contributed by atoms with Crippen LogP contribution in [0.1, 0.15) is 24.8 Å². The number of benzene rings is 1. The maximum Gasteiger partial charge on any atom is 0.188 e. The average Bonchev–Trinajstić information content (AvgIpc) is 2.23. The zero-order valence-corrected chi connectivity index (χ0v) is 12.9. The van der Waals surface area contributed by atoms with Crippen molar-refractivity contribution in [3.8, 4) is 0 Å². The Morgan fingerprint density at radius 1 is 1.26 bits per heavy atom. The predicted octanol–water partition coefficient (Wildman–Crippen LogP) is 2.79. The molecule has 0 saturated heterocycles. The monoisotopic (exact) mass is 381 g/mol. The quantitative estimate of drug-likeness (QED) is 0.479. The Bertz CT molecular complexity index is 427. The van der Waals surface area contributed by atoms with Crippen molar-refractivity contribution >= 4 is 29.9 Å². The average molecular weight is 381 g/mol. The third-order valence-corrected chi connectivity index (χ3v) is 3.15. The van der Waals surface area contributed by atoms with Crippen LogP contribution in [-0.2, 0) is 6.54 Å². The van der Waals surface area contributed by atoms with E-state index < -0.39 is 11.6 Å². The van der Waals surface area contributed by atoms with E-state index in [0.29, 0.717) is 17.4 Å². The Balaban J connectivity index is 0.00000180. The summed E-state index contributed by atoms with van der Waals surface area (Å²) in [6.45, 7) is 1.00. The van der Waals surface area contributed by atoms with E-state index in [9.17, 15) is 8.78 Å². The van der Waals surface area contributed by atoms with Crippen LogP contribution in [0, 0.1) is 17.6 Å². The van der Waals surface area contributed by atoms with E-state index in [4.69, 9.17) is 5.73 Å². The zero-order valence-electron chi connectivity index (χ0n) is 10.5. The molecule has 0 spiro atoms. The van der Waals surface area contributed by atoms with Gasteiger partial charge in [-0.3, -0.25) is 0 Å². The van der Waals surface area contributed by atoms with Crippen molar-refractivity contribution < 1.29 is 8.78 Å². The minimum Gasteiger partial charge on any atom is -0.370 e. The molecule has 1 aromatic carbocycles. The normalized spacial score (nSPS) is 15.6. The lowest BCUT2D eigenvalue weighted by Crippen LogP contribution is -2.37. The molecule has 1 fully saturated rings. The van der Waals surface area contributed by atoms with Gasteiger partial charge in [-0.2, -0.15) is 0 Å². The van der Waals surface area contributed by atoms with Gasteiger partial charge in [0.2, 0.25) is 0 Å². The first kappa shape index (κ1) is 16.1. The second kappa shape index (κ2) is 7.62. The molecule has 0 bridgehead atoms. The summed E-state index contributed by atoms with van der Waals surface area (Å²) in [6.07, 6.45) is 3.75. The van der Waals surface area contributed by atoms with Crippen LogP contribution in [0.3, 0.4) is 0 Å². The maximum absolute atomic E-state index is 12.9. The molecule has 0 aliphatic heterocycles. The van der Waals surface area contributed by atoms with Gasteiger partial charge in [0, 0.05) is 12.6 Å². The summed E-state index contributed by atoms with van der Waals surface area (Å²) in [5.41, 5.74) is 6.15. The van der Waals surface area contributed by atoms with Gasteiger partial charge >= 0.3 is 0 Å². The number of aliphatic imine (C=N–C) groups is 1. The topological polar surface area (TPSA) is 50.4 Å². The lowest BCUT2D eigenvalue weighted by atomic mass is 9.85. The van der Waals surface area contributed by atoms with Gasteiger partial charge in [0.15, 0.2) is 5.96 Å². The van der Waals surface area contributed by atoms with Crippen LogP contribution < -0.4 is 11.1 Å². The predicted molar refractivity (Wildman–Crippen MR) is 82.4 cm³/mol. The van der Waals surface area contributed by atoms with Crippen LogP contribution in [-0.4, -0.2) is 12.5 Å². The highest BCUT2D eigenvalue weighted by atomic mass is 127. The van der Waals surface area contributed by atoms with Crippen LogP contribution >= 0.6 is 24.0 Å². The Labute approximate surface area is 128 Å². The van der Waals surface area contributed by atoms with Crippen LogP contribution in [0.5, 0.6) is 0 Å². The van der Waals surface area contributed by atoms with Gasteiger partial charge in [-0.15, -0.1) is 24.0 Å². The SMILES string of the molecule is I.NC(=NCc1cc(F)cc(F)c1)NCC1CCC1. The van der Waals surface area contributed by atoms with Crippen molar-refractivity contribution in [2.45, 2.75) is 25.8 Å². The fraction of sp³-hybridized carbons (Fsp3) is 0.462. The van der Waals surface area contributed by atoms with Crippen LogP contribution in [0.15, 0.2) is 23.2 Å². The van der Waals surface area contributed by atoms with E-state index in [2.05, 4.69) is 10.3 Å². The molecule has 0 amide bonds. The molecule has 0 radical (unpaired) electrons. The van der Waals surface area contributed by atoms with Crippen LogP contribution in [0.2, 0.25) is 0 Å². The summed E-state index contributed by atoms with van der Waals surface area (Å²) in [5.74, 6) is -0.181. The number of rotatable bonds is 4. The summed E-state index contributed by atoms with van der Waals surface area (Å²) in [4.78, 5) is 4.06. The number of nitrogens with one attached hydrogen (secondary N) is 1. The third-order valence-electron chi connectivity index (χ3n) is 3.15. The summed E-state index contributed by atoms with van der Waals surface area (Å²) >= 11 is 0. The van der Waals surface area contributed by atoms with E-state index in [1.807, 2.05) is 0 Å². The Hall–Kier alpha value is -0.920. The molecule has 0 atom stereocenters. The molecule has 6 heteroatoms. The molecule has 0 unspecified atom stereocenters. The smallest absolute Gasteiger partial charge is 0.188 e. The van der Waals surface area contributed by atoms with E-state index in [-0.39, 0.29) is 30.5 Å². The van der Waals surface area contributed by atoms with Crippen molar-refractivity contribution in [2.24, 2.45) is 16.6 Å². The lowest BCUT2D eigenvalue weighted by molar-refractivity contribution is 0.315. The summed E-state index contributed by atoms with van der Waals surface area (Å²) in [5, 5.41) is 3.02. The first-order chi connectivity index (χ1) is 8.63. The van der Waals surface area contributed by atoms with Crippen molar-refractivity contribution in [3.63, 3.8) is 0 Å². The number of guanidine groups is 1. The highest BCUT2D eigenvalue weighted by Crippen LogP contribution is 2.24. The minimum absolute atomic E-state index is 0. The molecule has 0 aromatic heterocycles. The molecular weight excluding hydrogens is 363 g/mol. The first-order valence-electron chi connectivity index (χ1n) is 6.12. The molecule has 1 aliphatic carbocycles. The van der Waals surface area contributed by atoms with Crippen LogP contribution in [0.4, 0.5) is 8.78 Å². The molecule has 3 N–H and O–H groups in total. The molecule has 1 saturated carbocycles. The summed E-state index contributed by atoms with van der Waals surface area (Å²) in [7, 11) is 0. The number of nitrogens with zero attached hydrogens (tertiary/aromatic N) is 1. The zero-order chi connectivity index (χ0) is 13.0. The standard InChI is InChI=1S/C13H17F2N3.HI/c14-11-4-10(5-12(15)6-11)8-18-13(16)17-7-9-2-1-3-9;/h4-6,9H,1-3,7-8H2,(H3,16,17,18);1H. The summed E-state index contributed by atoms with van der Waals surface area (Å²) in [6, 6.07) is 3.35. The molecule has 3 nitrogen and oxygen atoms in total. The first-order valence-corrected chi connectivity index (χ1v) is 6.12. The maximum atomic E-state index is 12.9. The molecule has 106 valence electrons. The van der Waals surface area contributed by atoms with Crippen molar-refractivity contribution in [2.75, 3.05) is 6.54 Å². The molecule has 1 aromatic rings. The number of halogens is 3. The van der Waals surface area contributed by atoms with Gasteiger partial charge < -0.3 is 11.1 Å². The van der Waals surface area contributed by atoms with Gasteiger partial charge in [-0.05, 0) is 36.5 Å². The van der Waals surface area contributed by atoms with E-state index in [0.717, 1.165) is 12.6 Å². The van der Waals surface area contributed by atoms with Gasteiger partial charge in [-0.1, -0.05) is 6.42 Å². The second-order valence-corrected chi connectivity index (χ2v) is 4.66. The fourth-order valence-corrected chi connectivity index (χ4v) is 1.88. The highest BCUT2D eigenvalue weighted by Gasteiger charge is 2.16. The molecular formula is C13H18F2IN3. The van der Waals surface area contributed by atoms with E-state index >= 15 is 0 Å². The van der Waals surface area contributed by atoms with Gasteiger partial charge in [0.05, 0.1) is 6.54 Å². The number of hydrogen-bond acceptors (Lipinski definition) is 1. The van der Waals surface area contributed by atoms with Crippen molar-refractivity contribution in [3.05, 3.63) is 35.4 Å². The largest absolute Gasteiger partial charge is 0.370 e. The van der Waals surface area contributed by atoms with E-state index in [1.54, 1.807) is 0 Å². The molecule has 19 heavy (non-hydrogen) atoms. The van der Waals surface area contributed by atoms with Crippen molar-refractivity contribution in [1.82, 2.24) is 5.32 Å². The highest BCUT2D eigenvalue weighted by molar-refractivity contribution is 14.0. The lowest BCUT2D eigenvalue weighted by Gasteiger charge is -2.25. The van der Waals surface area contributed by atoms with Crippen molar-refractivity contribution in [1.29, 1.82) is 0 Å². The fourth-order valence-electron chi connectivity index (χ4n) is 1.88. The summed E-state index contributed by atoms with van der Waals surface area (Å²) < 4.78 is 25.8. The van der Waals surface area contributed by atoms with Gasteiger partial charge in [0.25, 0.3) is 0 Å². The number of hydrogen-bond donors (Lipinski definition) is 2. The van der Waals surface area contributed by atoms with Gasteiger partial charge in [-0.25, -0.2) is 13.8 Å². The third kappa shape index (κ3) is 5.30. The Kier molecular flexibility index (Phi) is 6.47.